The highest BCUT2D eigenvalue weighted by Gasteiger charge is 2.66. The van der Waals surface area contributed by atoms with E-state index in [2.05, 4.69) is 41.5 Å². The fourth-order valence-corrected chi connectivity index (χ4v) is 9.12. The van der Waals surface area contributed by atoms with Crippen molar-refractivity contribution >= 4 is 5.78 Å². The van der Waals surface area contributed by atoms with Gasteiger partial charge in [0.1, 0.15) is 5.78 Å². The molecule has 4 saturated carbocycles. The first-order chi connectivity index (χ1) is 13.7. The number of rotatable bonds is 4. The third kappa shape index (κ3) is 3.45. The fourth-order valence-electron chi connectivity index (χ4n) is 9.12. The molecule has 0 radical (unpaired) electrons. The second-order valence-corrected chi connectivity index (χ2v) is 12.9. The summed E-state index contributed by atoms with van der Waals surface area (Å²) in [5, 5.41) is 0. The van der Waals surface area contributed by atoms with Crippen LogP contribution in [0, 0.1) is 58.2 Å². The van der Waals surface area contributed by atoms with E-state index in [1.54, 1.807) is 0 Å². The molecule has 166 valence electrons. The maximum atomic E-state index is 14.6. The number of Topliss-reactive ketones (excluding diaryl/α,β-unsaturated/α-hetero) is 1. The summed E-state index contributed by atoms with van der Waals surface area (Å²) in [5.41, 5.74) is 0.0914. The van der Waals surface area contributed by atoms with E-state index < -0.39 is 0 Å². The Morgan fingerprint density at radius 2 is 1.10 bits per heavy atom. The molecule has 0 saturated heterocycles. The van der Waals surface area contributed by atoms with Crippen LogP contribution in [0.5, 0.6) is 0 Å². The van der Waals surface area contributed by atoms with Gasteiger partial charge in [-0.15, -0.1) is 0 Å². The lowest BCUT2D eigenvalue weighted by atomic mass is 9.50. The Hall–Kier alpha value is -0.330. The Morgan fingerprint density at radius 3 is 1.48 bits per heavy atom. The average molecular weight is 401 g/mol. The Labute approximate surface area is 181 Å². The van der Waals surface area contributed by atoms with Crippen molar-refractivity contribution in [2.75, 3.05) is 0 Å². The zero-order valence-corrected chi connectivity index (χ0v) is 20.3. The van der Waals surface area contributed by atoms with E-state index >= 15 is 0 Å². The van der Waals surface area contributed by atoms with Crippen LogP contribution in [0.1, 0.15) is 112 Å². The second kappa shape index (κ2) is 7.98. The summed E-state index contributed by atoms with van der Waals surface area (Å²) in [5.74, 6) is 6.74. The SMILES string of the molecule is CC1CCC(C(C)C)C(C23CCCC(C4CC(C)CCC4C(C)C)(CC2)C3=O)C1. The van der Waals surface area contributed by atoms with Gasteiger partial charge in [-0.1, -0.05) is 60.8 Å². The van der Waals surface area contributed by atoms with Crippen LogP contribution in [0.25, 0.3) is 0 Å². The maximum Gasteiger partial charge on any atom is 0.145 e. The first-order valence-electron chi connectivity index (χ1n) is 13.3. The van der Waals surface area contributed by atoms with Crippen LogP contribution in [0.2, 0.25) is 0 Å². The lowest BCUT2D eigenvalue weighted by Crippen LogP contribution is -2.53. The minimum atomic E-state index is 0.0457. The van der Waals surface area contributed by atoms with Crippen LogP contribution in [0.4, 0.5) is 0 Å². The van der Waals surface area contributed by atoms with Crippen molar-refractivity contribution in [3.8, 4) is 0 Å². The molecule has 0 aromatic carbocycles. The van der Waals surface area contributed by atoms with Gasteiger partial charge in [0.2, 0.25) is 0 Å². The molecule has 29 heavy (non-hydrogen) atoms. The van der Waals surface area contributed by atoms with Gasteiger partial charge in [0.15, 0.2) is 0 Å². The molecule has 1 heteroatoms. The summed E-state index contributed by atoms with van der Waals surface area (Å²) in [4.78, 5) is 14.6. The van der Waals surface area contributed by atoms with Crippen LogP contribution in [-0.4, -0.2) is 5.78 Å². The highest BCUT2D eigenvalue weighted by molar-refractivity contribution is 5.94. The number of hydrogen-bond acceptors (Lipinski definition) is 1. The second-order valence-electron chi connectivity index (χ2n) is 12.9. The van der Waals surface area contributed by atoms with E-state index in [4.69, 9.17) is 0 Å². The molecule has 8 atom stereocenters. The summed E-state index contributed by atoms with van der Waals surface area (Å²) in [6.07, 6.45) is 14.3. The molecule has 1 nitrogen and oxygen atoms in total. The molecule has 0 amide bonds. The number of hydrogen-bond donors (Lipinski definition) is 0. The molecule has 0 aromatic rings. The van der Waals surface area contributed by atoms with Crippen LogP contribution < -0.4 is 0 Å². The van der Waals surface area contributed by atoms with Crippen molar-refractivity contribution in [2.45, 2.75) is 112 Å². The minimum Gasteiger partial charge on any atom is -0.298 e. The van der Waals surface area contributed by atoms with E-state index in [1.807, 2.05) is 0 Å². The summed E-state index contributed by atoms with van der Waals surface area (Å²) in [6.45, 7) is 14.6. The van der Waals surface area contributed by atoms with E-state index in [0.29, 0.717) is 11.8 Å². The van der Waals surface area contributed by atoms with Crippen LogP contribution >= 0.6 is 0 Å². The topological polar surface area (TPSA) is 17.1 Å². The lowest BCUT2D eigenvalue weighted by molar-refractivity contribution is -0.151. The molecular formula is C28H48O. The summed E-state index contributed by atoms with van der Waals surface area (Å²) in [7, 11) is 0. The Bertz CT molecular complexity index is 555. The van der Waals surface area contributed by atoms with Gasteiger partial charge >= 0.3 is 0 Å². The van der Waals surface area contributed by atoms with Gasteiger partial charge in [0, 0.05) is 10.8 Å². The maximum absolute atomic E-state index is 14.6. The third-order valence-electron chi connectivity index (χ3n) is 10.6. The number of carbonyl (C=O) groups excluding carboxylic acids is 1. The van der Waals surface area contributed by atoms with Crippen molar-refractivity contribution in [1.82, 2.24) is 0 Å². The predicted molar refractivity (Wildman–Crippen MR) is 123 cm³/mol. The molecule has 0 N–H and O–H groups in total. The summed E-state index contributed by atoms with van der Waals surface area (Å²) < 4.78 is 0. The summed E-state index contributed by atoms with van der Waals surface area (Å²) >= 11 is 0. The van der Waals surface area contributed by atoms with E-state index in [-0.39, 0.29) is 10.8 Å². The van der Waals surface area contributed by atoms with Gasteiger partial charge in [0.25, 0.3) is 0 Å². The molecule has 0 spiro atoms. The van der Waals surface area contributed by atoms with Crippen molar-refractivity contribution in [1.29, 1.82) is 0 Å². The largest absolute Gasteiger partial charge is 0.298 e. The highest BCUT2D eigenvalue weighted by atomic mass is 16.1. The Morgan fingerprint density at radius 1 is 0.690 bits per heavy atom. The molecule has 0 aliphatic heterocycles. The van der Waals surface area contributed by atoms with Crippen molar-refractivity contribution in [3.05, 3.63) is 0 Å². The molecule has 4 fully saturated rings. The van der Waals surface area contributed by atoms with Gasteiger partial charge in [-0.05, 0) is 98.7 Å². The summed E-state index contributed by atoms with van der Waals surface area (Å²) in [6, 6.07) is 0. The van der Waals surface area contributed by atoms with Crippen LogP contribution in [0.3, 0.4) is 0 Å². The predicted octanol–water partition coefficient (Wildman–Crippen LogP) is 7.92. The van der Waals surface area contributed by atoms with Gasteiger partial charge in [-0.25, -0.2) is 0 Å². The molecule has 4 aliphatic rings. The number of ketones is 1. The molecule has 2 bridgehead atoms. The zero-order chi connectivity index (χ0) is 21.0. The van der Waals surface area contributed by atoms with Gasteiger partial charge in [-0.3, -0.25) is 4.79 Å². The van der Waals surface area contributed by atoms with Crippen molar-refractivity contribution < 1.29 is 4.79 Å². The number of carbonyl (C=O) groups is 1. The molecule has 0 aromatic heterocycles. The molecule has 8 unspecified atom stereocenters. The molecule has 4 aliphatic carbocycles. The average Bonchev–Trinajstić information content (AvgIpc) is 2.83. The minimum absolute atomic E-state index is 0.0457. The monoisotopic (exact) mass is 400 g/mol. The van der Waals surface area contributed by atoms with Gasteiger partial charge in [0.05, 0.1) is 0 Å². The van der Waals surface area contributed by atoms with Gasteiger partial charge < -0.3 is 0 Å². The van der Waals surface area contributed by atoms with Crippen molar-refractivity contribution in [2.24, 2.45) is 58.2 Å². The van der Waals surface area contributed by atoms with Crippen LogP contribution in [-0.2, 0) is 4.79 Å². The third-order valence-corrected chi connectivity index (χ3v) is 10.6. The lowest BCUT2D eigenvalue weighted by Gasteiger charge is -2.53. The first-order valence-corrected chi connectivity index (χ1v) is 13.3. The normalized spacial score (nSPS) is 48.5. The van der Waals surface area contributed by atoms with E-state index in [1.165, 1.54) is 70.6 Å². The first kappa shape index (κ1) is 21.9. The molecule has 0 heterocycles. The Balaban J connectivity index is 1.69. The van der Waals surface area contributed by atoms with Crippen molar-refractivity contribution in [3.63, 3.8) is 0 Å². The smallest absolute Gasteiger partial charge is 0.145 e. The Kier molecular flexibility index (Phi) is 6.02. The highest BCUT2D eigenvalue weighted by Crippen LogP contribution is 2.67. The molecular weight excluding hydrogens is 352 g/mol. The number of fused-ring (bicyclic) bond motifs is 2. The van der Waals surface area contributed by atoms with Crippen LogP contribution in [0.15, 0.2) is 0 Å². The van der Waals surface area contributed by atoms with E-state index in [9.17, 15) is 4.79 Å². The fraction of sp³-hybridized carbons (Fsp3) is 0.964. The standard InChI is InChI=1S/C28H48O/c1-18(2)22-10-8-20(5)16-24(22)27-12-7-13-28(15-14-27,26(27)29)25-17-21(6)9-11-23(25)19(3)4/h18-25H,7-17H2,1-6H3. The van der Waals surface area contributed by atoms with Gasteiger partial charge in [-0.2, -0.15) is 0 Å². The zero-order valence-electron chi connectivity index (χ0n) is 20.3. The quantitative estimate of drug-likeness (QED) is 0.468. The van der Waals surface area contributed by atoms with E-state index in [0.717, 1.165) is 41.3 Å². The molecule has 4 rings (SSSR count).